The van der Waals surface area contributed by atoms with E-state index in [-0.39, 0.29) is 29.0 Å². The first kappa shape index (κ1) is 15.1. The Morgan fingerprint density at radius 3 is 2.53 bits per heavy atom. The number of benzene rings is 1. The second-order valence-corrected chi connectivity index (χ2v) is 5.58. The van der Waals surface area contributed by atoms with Gasteiger partial charge in [0.1, 0.15) is 0 Å². The first-order chi connectivity index (χ1) is 8.75. The Balaban J connectivity index is 3.05. The molecule has 0 aliphatic heterocycles. The molecule has 0 bridgehead atoms. The van der Waals surface area contributed by atoms with E-state index in [4.69, 9.17) is 10.8 Å². The van der Waals surface area contributed by atoms with Crippen LogP contribution in [0.5, 0.6) is 0 Å². The molecule has 0 saturated carbocycles. The summed E-state index contributed by atoms with van der Waals surface area (Å²) in [5, 5.41) is 8.93. The highest BCUT2D eigenvalue weighted by Crippen LogP contribution is 2.18. The summed E-state index contributed by atoms with van der Waals surface area (Å²) >= 11 is 0. The third kappa shape index (κ3) is 3.76. The number of carboxylic acids is 1. The third-order valence-electron chi connectivity index (χ3n) is 2.47. The van der Waals surface area contributed by atoms with E-state index in [1.807, 2.05) is 0 Å². The molecule has 1 aromatic rings. The number of amides is 1. The highest BCUT2D eigenvalue weighted by atomic mass is 32.2. The Kier molecular flexibility index (Phi) is 4.62. The Morgan fingerprint density at radius 1 is 1.37 bits per heavy atom. The quantitative estimate of drug-likeness (QED) is 0.670. The lowest BCUT2D eigenvalue weighted by Crippen LogP contribution is -2.28. The normalized spacial score (nSPS) is 11.2. The summed E-state index contributed by atoms with van der Waals surface area (Å²) in [5.41, 5.74) is 4.96. The smallest absolute Gasteiger partial charge is 0.335 e. The third-order valence-corrected chi connectivity index (χ3v) is 4.07. The average Bonchev–Trinajstić information content (AvgIpc) is 2.27. The maximum atomic E-state index is 12.0. The molecule has 0 spiro atoms. The van der Waals surface area contributed by atoms with E-state index in [1.54, 1.807) is 0 Å². The summed E-state index contributed by atoms with van der Waals surface area (Å²) in [7, 11) is -3.86. The van der Waals surface area contributed by atoms with Gasteiger partial charge in [-0.05, 0) is 24.6 Å². The van der Waals surface area contributed by atoms with Crippen molar-refractivity contribution in [2.24, 2.45) is 5.73 Å². The Hall–Kier alpha value is -1.93. The van der Waals surface area contributed by atoms with Crippen molar-refractivity contribution in [3.05, 3.63) is 29.3 Å². The van der Waals surface area contributed by atoms with E-state index in [9.17, 15) is 18.0 Å². The minimum Gasteiger partial charge on any atom is -0.478 e. The van der Waals surface area contributed by atoms with E-state index in [2.05, 4.69) is 4.72 Å². The number of aromatic carboxylic acids is 1. The molecule has 0 aliphatic rings. The largest absolute Gasteiger partial charge is 0.478 e. The molecule has 1 amide bonds. The number of carboxylic acid groups (broad SMARTS) is 1. The van der Waals surface area contributed by atoms with Crippen LogP contribution in [0, 0.1) is 6.92 Å². The van der Waals surface area contributed by atoms with E-state index in [0.29, 0.717) is 0 Å². The van der Waals surface area contributed by atoms with Crippen LogP contribution in [0.25, 0.3) is 0 Å². The van der Waals surface area contributed by atoms with Crippen LogP contribution in [-0.2, 0) is 14.8 Å². The van der Waals surface area contributed by atoms with E-state index in [0.717, 1.165) is 0 Å². The van der Waals surface area contributed by atoms with Gasteiger partial charge in [-0.25, -0.2) is 17.9 Å². The number of hydrogen-bond donors (Lipinski definition) is 3. The molecule has 0 aromatic heterocycles. The summed E-state index contributed by atoms with van der Waals surface area (Å²) in [6, 6.07) is 3.97. The van der Waals surface area contributed by atoms with E-state index in [1.165, 1.54) is 25.1 Å². The zero-order valence-corrected chi connectivity index (χ0v) is 11.0. The summed E-state index contributed by atoms with van der Waals surface area (Å²) in [6.45, 7) is 1.28. The number of primary amides is 1. The molecule has 0 unspecified atom stereocenters. The van der Waals surface area contributed by atoms with Crippen molar-refractivity contribution in [2.75, 3.05) is 6.54 Å². The zero-order valence-electron chi connectivity index (χ0n) is 10.2. The Morgan fingerprint density at radius 2 is 2.00 bits per heavy atom. The number of hydrogen-bond acceptors (Lipinski definition) is 4. The van der Waals surface area contributed by atoms with Gasteiger partial charge in [0.25, 0.3) is 0 Å². The number of carbonyl (C=O) groups is 2. The monoisotopic (exact) mass is 286 g/mol. The Bertz CT molecular complexity index is 610. The minimum absolute atomic E-state index is 0.0854. The molecule has 1 aromatic carbocycles. The number of nitrogens with two attached hydrogens (primary N) is 1. The lowest BCUT2D eigenvalue weighted by atomic mass is 10.1. The molecule has 8 heteroatoms. The summed E-state index contributed by atoms with van der Waals surface area (Å²) in [4.78, 5) is 21.3. The van der Waals surface area contributed by atoms with Crippen LogP contribution in [0.4, 0.5) is 0 Å². The molecule has 7 nitrogen and oxygen atoms in total. The first-order valence-electron chi connectivity index (χ1n) is 5.36. The van der Waals surface area contributed by atoms with Gasteiger partial charge in [-0.1, -0.05) is 6.07 Å². The van der Waals surface area contributed by atoms with Crippen molar-refractivity contribution >= 4 is 21.9 Å². The van der Waals surface area contributed by atoms with Crippen molar-refractivity contribution in [3.63, 3.8) is 0 Å². The topological polar surface area (TPSA) is 127 Å². The SMILES string of the molecule is Cc1c(C(=O)O)cccc1S(=O)(=O)NCCC(N)=O. The fourth-order valence-corrected chi connectivity index (χ4v) is 2.82. The fraction of sp³-hybridized carbons (Fsp3) is 0.273. The number of nitrogens with one attached hydrogen (secondary N) is 1. The molecule has 1 rings (SSSR count). The molecule has 104 valence electrons. The molecule has 19 heavy (non-hydrogen) atoms. The number of sulfonamides is 1. The van der Waals surface area contributed by atoms with Crippen molar-refractivity contribution in [1.29, 1.82) is 0 Å². The van der Waals surface area contributed by atoms with Gasteiger partial charge in [0.2, 0.25) is 15.9 Å². The Labute approximate surface area is 110 Å². The molecule has 4 N–H and O–H groups in total. The maximum absolute atomic E-state index is 12.0. The second kappa shape index (κ2) is 5.81. The molecule has 0 atom stereocenters. The number of rotatable bonds is 6. The maximum Gasteiger partial charge on any atom is 0.335 e. The van der Waals surface area contributed by atoms with Crippen molar-refractivity contribution < 1.29 is 23.1 Å². The zero-order chi connectivity index (χ0) is 14.6. The minimum atomic E-state index is -3.86. The lowest BCUT2D eigenvalue weighted by Gasteiger charge is -2.10. The lowest BCUT2D eigenvalue weighted by molar-refractivity contribution is -0.117. The van der Waals surface area contributed by atoms with Gasteiger partial charge in [-0.2, -0.15) is 0 Å². The van der Waals surface area contributed by atoms with Crippen LogP contribution >= 0.6 is 0 Å². The van der Waals surface area contributed by atoms with Gasteiger partial charge in [0.15, 0.2) is 0 Å². The van der Waals surface area contributed by atoms with Gasteiger partial charge in [0.05, 0.1) is 10.5 Å². The number of carbonyl (C=O) groups excluding carboxylic acids is 1. The predicted octanol–water partition coefficient (Wildman–Crippen LogP) is -0.153. The van der Waals surface area contributed by atoms with Gasteiger partial charge < -0.3 is 10.8 Å². The van der Waals surface area contributed by atoms with Crippen molar-refractivity contribution in [2.45, 2.75) is 18.2 Å². The highest BCUT2D eigenvalue weighted by molar-refractivity contribution is 7.89. The van der Waals surface area contributed by atoms with Crippen LogP contribution in [0.2, 0.25) is 0 Å². The molecule has 0 aliphatic carbocycles. The highest BCUT2D eigenvalue weighted by Gasteiger charge is 2.20. The fourth-order valence-electron chi connectivity index (χ4n) is 1.52. The van der Waals surface area contributed by atoms with Crippen LogP contribution in [0.1, 0.15) is 22.3 Å². The van der Waals surface area contributed by atoms with Crippen molar-refractivity contribution in [3.8, 4) is 0 Å². The van der Waals surface area contributed by atoms with Crippen LogP contribution in [-0.4, -0.2) is 31.9 Å². The van der Waals surface area contributed by atoms with Gasteiger partial charge >= 0.3 is 5.97 Å². The molecule has 0 fully saturated rings. The second-order valence-electron chi connectivity index (χ2n) is 3.85. The molecular formula is C11H14N2O5S. The summed E-state index contributed by atoms with van der Waals surface area (Å²) in [6.07, 6.45) is -0.128. The molecule has 0 saturated heterocycles. The van der Waals surface area contributed by atoms with Crippen molar-refractivity contribution in [1.82, 2.24) is 4.72 Å². The van der Waals surface area contributed by atoms with Gasteiger partial charge in [-0.3, -0.25) is 4.79 Å². The van der Waals surface area contributed by atoms with E-state index >= 15 is 0 Å². The molecule has 0 radical (unpaired) electrons. The van der Waals surface area contributed by atoms with Crippen LogP contribution < -0.4 is 10.5 Å². The van der Waals surface area contributed by atoms with Gasteiger partial charge in [0, 0.05) is 13.0 Å². The van der Waals surface area contributed by atoms with Gasteiger partial charge in [-0.15, -0.1) is 0 Å². The standard InChI is InChI=1S/C11H14N2O5S/c1-7-8(11(15)16)3-2-4-9(7)19(17,18)13-6-5-10(12)14/h2-4,13H,5-6H2,1H3,(H2,12,14)(H,15,16). The first-order valence-corrected chi connectivity index (χ1v) is 6.85. The molecular weight excluding hydrogens is 272 g/mol. The average molecular weight is 286 g/mol. The van der Waals surface area contributed by atoms with Crippen LogP contribution in [0.3, 0.4) is 0 Å². The summed E-state index contributed by atoms with van der Waals surface area (Å²) < 4.78 is 26.1. The van der Waals surface area contributed by atoms with Crippen LogP contribution in [0.15, 0.2) is 23.1 Å². The summed E-state index contributed by atoms with van der Waals surface area (Å²) in [5.74, 6) is -1.83. The van der Waals surface area contributed by atoms with E-state index < -0.39 is 21.9 Å². The molecule has 0 heterocycles. The predicted molar refractivity (Wildman–Crippen MR) is 67.1 cm³/mol.